The number of hydrogen-bond donors (Lipinski definition) is 0. The Morgan fingerprint density at radius 2 is 1.72 bits per heavy atom. The van der Waals surface area contributed by atoms with Gasteiger partial charge in [-0.15, -0.1) is 0 Å². The molecule has 4 nitrogen and oxygen atoms in total. The zero-order chi connectivity index (χ0) is 18.0. The Morgan fingerprint density at radius 3 is 2.32 bits per heavy atom. The Bertz CT molecular complexity index is 978. The smallest absolute Gasteiger partial charge is 0.228 e. The van der Waals surface area contributed by atoms with E-state index in [9.17, 15) is 12.8 Å². The molecule has 0 aliphatic heterocycles. The normalized spacial score (nSPS) is 11.6. The Hall–Kier alpha value is -2.12. The Kier molecular flexibility index (Phi) is 4.96. The molecule has 0 aliphatic carbocycles. The largest absolute Gasteiger partial charge is 0.428 e. The van der Waals surface area contributed by atoms with E-state index >= 15 is 0 Å². The third kappa shape index (κ3) is 3.62. The number of oxazole rings is 1. The highest BCUT2D eigenvalue weighted by Gasteiger charge is 2.28. The van der Waals surface area contributed by atoms with E-state index in [4.69, 9.17) is 4.42 Å². The molecule has 0 saturated carbocycles. The molecule has 0 radical (unpaired) electrons. The second kappa shape index (κ2) is 7.01. The van der Waals surface area contributed by atoms with E-state index in [1.165, 1.54) is 36.0 Å². The summed E-state index contributed by atoms with van der Waals surface area (Å²) in [4.78, 5) is 4.36. The molecule has 3 aromatic rings. The van der Waals surface area contributed by atoms with Crippen molar-refractivity contribution in [2.45, 2.75) is 28.9 Å². The summed E-state index contributed by atoms with van der Waals surface area (Å²) >= 11 is 1.26. The quantitative estimate of drug-likeness (QED) is 0.601. The van der Waals surface area contributed by atoms with Crippen molar-refractivity contribution in [3.05, 3.63) is 59.9 Å². The van der Waals surface area contributed by atoms with Crippen LogP contribution in [0.15, 0.2) is 68.0 Å². The predicted octanol–water partition coefficient (Wildman–Crippen LogP) is 4.73. The van der Waals surface area contributed by atoms with Crippen molar-refractivity contribution in [2.75, 3.05) is 5.75 Å². The number of thioether (sulfide) groups is 1. The van der Waals surface area contributed by atoms with E-state index in [1.807, 2.05) is 13.8 Å². The zero-order valence-corrected chi connectivity index (χ0v) is 15.3. The van der Waals surface area contributed by atoms with Gasteiger partial charge in [0.25, 0.3) is 0 Å². The lowest BCUT2D eigenvalue weighted by molar-refractivity contribution is 0.470. The summed E-state index contributed by atoms with van der Waals surface area (Å²) in [6.07, 6.45) is 0. The summed E-state index contributed by atoms with van der Waals surface area (Å²) in [5.74, 6) is 0.404. The van der Waals surface area contributed by atoms with Gasteiger partial charge in [0.05, 0.1) is 4.90 Å². The summed E-state index contributed by atoms with van der Waals surface area (Å²) < 4.78 is 44.7. The molecular weight excluding hydrogens is 361 g/mol. The Morgan fingerprint density at radius 1 is 1.08 bits per heavy atom. The van der Waals surface area contributed by atoms with Gasteiger partial charge in [-0.1, -0.05) is 36.4 Å². The second-order valence-corrected chi connectivity index (χ2v) is 8.47. The number of benzene rings is 2. The van der Waals surface area contributed by atoms with Crippen molar-refractivity contribution in [3.63, 3.8) is 0 Å². The van der Waals surface area contributed by atoms with Crippen LogP contribution in [0.2, 0.25) is 0 Å². The van der Waals surface area contributed by atoms with Crippen molar-refractivity contribution < 1.29 is 17.2 Å². The minimum atomic E-state index is -3.80. The molecule has 0 spiro atoms. The summed E-state index contributed by atoms with van der Waals surface area (Å²) in [7, 11) is -3.80. The van der Waals surface area contributed by atoms with Gasteiger partial charge in [0.15, 0.2) is 0 Å². The van der Waals surface area contributed by atoms with Crippen molar-refractivity contribution in [1.82, 2.24) is 4.98 Å². The van der Waals surface area contributed by atoms with Crippen LogP contribution in [0.3, 0.4) is 0 Å². The maximum atomic E-state index is 13.1. The first-order valence-corrected chi connectivity index (χ1v) is 10.1. The first-order valence-electron chi connectivity index (χ1n) is 7.63. The molecule has 0 N–H and O–H groups in total. The number of aryl methyl sites for hydroxylation is 1. The number of hydrogen-bond acceptors (Lipinski definition) is 5. The lowest BCUT2D eigenvalue weighted by atomic mass is 10.2. The lowest BCUT2D eigenvalue weighted by Crippen LogP contribution is -2.04. The third-order valence-corrected chi connectivity index (χ3v) is 6.15. The number of rotatable bonds is 5. The fourth-order valence-electron chi connectivity index (χ4n) is 2.23. The molecule has 0 saturated heterocycles. The number of halogens is 1. The zero-order valence-electron chi connectivity index (χ0n) is 13.7. The van der Waals surface area contributed by atoms with Crippen LogP contribution in [0.4, 0.5) is 4.39 Å². The molecule has 1 aromatic heterocycles. The van der Waals surface area contributed by atoms with Gasteiger partial charge in [-0.2, -0.15) is 4.98 Å². The van der Waals surface area contributed by atoms with Gasteiger partial charge in [-0.25, -0.2) is 12.8 Å². The van der Waals surface area contributed by atoms with Crippen molar-refractivity contribution in [2.24, 2.45) is 0 Å². The number of aromatic nitrogens is 1. The summed E-state index contributed by atoms with van der Waals surface area (Å²) in [5, 5.41) is 0.130. The molecule has 130 valence electrons. The molecular formula is C18H16FNO3S2. The van der Waals surface area contributed by atoms with Gasteiger partial charge in [0.2, 0.25) is 25.8 Å². The van der Waals surface area contributed by atoms with Gasteiger partial charge < -0.3 is 4.42 Å². The highest BCUT2D eigenvalue weighted by atomic mass is 32.2. The van der Waals surface area contributed by atoms with Gasteiger partial charge in [-0.3, -0.25) is 0 Å². The van der Waals surface area contributed by atoms with Gasteiger partial charge in [0, 0.05) is 5.56 Å². The van der Waals surface area contributed by atoms with Gasteiger partial charge >= 0.3 is 0 Å². The maximum Gasteiger partial charge on any atom is 0.228 e. The first kappa shape index (κ1) is 17.7. The second-order valence-electron chi connectivity index (χ2n) is 5.37. The average Bonchev–Trinajstić information content (AvgIpc) is 3.01. The fraction of sp³-hybridized carbons (Fsp3) is 0.167. The SMILES string of the molecule is CCSc1oc(-c2ccc(F)cc2)nc1S(=O)(=O)c1ccc(C)cc1. The van der Waals surface area contributed by atoms with Gasteiger partial charge in [-0.05, 0) is 49.1 Å². The van der Waals surface area contributed by atoms with Crippen LogP contribution in [-0.4, -0.2) is 19.2 Å². The lowest BCUT2D eigenvalue weighted by Gasteiger charge is -2.03. The van der Waals surface area contributed by atoms with E-state index in [2.05, 4.69) is 4.98 Å². The molecule has 0 unspecified atom stereocenters. The van der Waals surface area contributed by atoms with E-state index in [0.717, 1.165) is 5.56 Å². The monoisotopic (exact) mass is 377 g/mol. The van der Waals surface area contributed by atoms with E-state index in [1.54, 1.807) is 24.3 Å². The van der Waals surface area contributed by atoms with Crippen LogP contribution in [0, 0.1) is 12.7 Å². The van der Waals surface area contributed by atoms with E-state index in [0.29, 0.717) is 11.3 Å². The number of sulfone groups is 1. The highest BCUT2D eigenvalue weighted by molar-refractivity contribution is 8.00. The van der Waals surface area contributed by atoms with E-state index < -0.39 is 9.84 Å². The topological polar surface area (TPSA) is 60.2 Å². The van der Waals surface area contributed by atoms with E-state index in [-0.39, 0.29) is 26.7 Å². The van der Waals surface area contributed by atoms with Crippen molar-refractivity contribution in [3.8, 4) is 11.5 Å². The minimum absolute atomic E-state index is 0.109. The first-order chi connectivity index (χ1) is 11.9. The summed E-state index contributed by atoms with van der Waals surface area (Å²) in [5.41, 5.74) is 1.49. The molecule has 25 heavy (non-hydrogen) atoms. The fourth-order valence-corrected chi connectivity index (χ4v) is 4.49. The standard InChI is InChI=1S/C18H16FNO3S2/c1-3-24-18-17(25(21,22)15-10-4-12(2)5-11-15)20-16(23-18)13-6-8-14(19)9-7-13/h4-11H,3H2,1-2H3. The molecule has 3 rings (SSSR count). The molecule has 0 atom stereocenters. The van der Waals surface area contributed by atoms with Crippen molar-refractivity contribution >= 4 is 21.6 Å². The van der Waals surface area contributed by atoms with Crippen LogP contribution in [0.25, 0.3) is 11.5 Å². The maximum absolute atomic E-state index is 13.1. The molecule has 1 heterocycles. The van der Waals surface area contributed by atoms with Crippen LogP contribution in [-0.2, 0) is 9.84 Å². The third-order valence-electron chi connectivity index (χ3n) is 3.52. The van der Waals surface area contributed by atoms with Crippen LogP contribution < -0.4 is 0 Å². The van der Waals surface area contributed by atoms with Gasteiger partial charge in [0.1, 0.15) is 5.82 Å². The molecule has 0 aliphatic rings. The predicted molar refractivity (Wildman–Crippen MR) is 94.9 cm³/mol. The molecule has 7 heteroatoms. The minimum Gasteiger partial charge on any atom is -0.428 e. The summed E-state index contributed by atoms with van der Waals surface area (Å²) in [6.45, 7) is 3.78. The molecule has 0 fully saturated rings. The average molecular weight is 377 g/mol. The van der Waals surface area contributed by atoms with Crippen LogP contribution >= 0.6 is 11.8 Å². The van der Waals surface area contributed by atoms with Crippen LogP contribution in [0.1, 0.15) is 12.5 Å². The Balaban J connectivity index is 2.11. The molecule has 2 aromatic carbocycles. The highest BCUT2D eigenvalue weighted by Crippen LogP contribution is 2.34. The summed E-state index contributed by atoms with van der Waals surface area (Å²) in [6, 6.07) is 12.1. The van der Waals surface area contributed by atoms with Crippen molar-refractivity contribution in [1.29, 1.82) is 0 Å². The molecule has 0 bridgehead atoms. The Labute approximate surface area is 150 Å². The van der Waals surface area contributed by atoms with Crippen LogP contribution in [0.5, 0.6) is 0 Å². The number of nitrogens with zero attached hydrogens (tertiary/aromatic N) is 1. The molecule has 0 amide bonds.